The van der Waals surface area contributed by atoms with Crippen LogP contribution < -0.4 is 16.0 Å². The summed E-state index contributed by atoms with van der Waals surface area (Å²) in [5.41, 5.74) is 6.98. The van der Waals surface area contributed by atoms with Crippen molar-refractivity contribution in [2.75, 3.05) is 18.0 Å². The number of nitrogens with two attached hydrogens (primary N) is 1. The number of halogens is 2. The molecule has 2 fully saturated rings. The number of hydrogen-bond acceptors (Lipinski definition) is 5. The molecule has 1 saturated heterocycles. The van der Waals surface area contributed by atoms with Gasteiger partial charge in [0.1, 0.15) is 23.4 Å². The lowest BCUT2D eigenvalue weighted by atomic mass is 9.97. The Morgan fingerprint density at radius 1 is 1.29 bits per heavy atom. The van der Waals surface area contributed by atoms with Crippen molar-refractivity contribution in [2.45, 2.75) is 50.6 Å². The number of anilines is 1. The smallest absolute Gasteiger partial charge is 0.255 e. The van der Waals surface area contributed by atoms with Gasteiger partial charge in [-0.25, -0.2) is 13.8 Å². The van der Waals surface area contributed by atoms with E-state index in [0.717, 1.165) is 43.9 Å². The van der Waals surface area contributed by atoms with Crippen LogP contribution >= 0.6 is 0 Å². The highest BCUT2D eigenvalue weighted by molar-refractivity contribution is 6.04. The molecular formula is C23H25F2N5O. The van der Waals surface area contributed by atoms with E-state index in [-0.39, 0.29) is 34.3 Å². The molecule has 1 aliphatic heterocycles. The Bertz CT molecular complexity index is 1040. The van der Waals surface area contributed by atoms with Crippen LogP contribution in [0.15, 0.2) is 24.4 Å². The van der Waals surface area contributed by atoms with Gasteiger partial charge in [0.2, 0.25) is 0 Å². The van der Waals surface area contributed by atoms with Crippen LogP contribution in [0.3, 0.4) is 0 Å². The quantitative estimate of drug-likeness (QED) is 0.782. The van der Waals surface area contributed by atoms with Crippen LogP contribution in [0.25, 0.3) is 11.1 Å². The second kappa shape index (κ2) is 8.23. The molecule has 6 nitrogen and oxygen atoms in total. The zero-order valence-corrected chi connectivity index (χ0v) is 17.4. The number of nitrogens with one attached hydrogen (secondary N) is 1. The molecule has 2 aliphatic rings. The molecule has 1 atom stereocenters. The third-order valence-electron chi connectivity index (χ3n) is 6.06. The van der Waals surface area contributed by atoms with Gasteiger partial charge in [-0.2, -0.15) is 5.26 Å². The summed E-state index contributed by atoms with van der Waals surface area (Å²) in [6.07, 6.45) is 6.01. The summed E-state index contributed by atoms with van der Waals surface area (Å²) in [6.45, 7) is 2.91. The molecule has 3 N–H and O–H groups in total. The van der Waals surface area contributed by atoms with Crippen LogP contribution in [0.5, 0.6) is 0 Å². The Morgan fingerprint density at radius 3 is 2.55 bits per heavy atom. The van der Waals surface area contributed by atoms with E-state index >= 15 is 0 Å². The predicted molar refractivity (Wildman–Crippen MR) is 113 cm³/mol. The van der Waals surface area contributed by atoms with Crippen molar-refractivity contribution in [1.82, 2.24) is 10.3 Å². The Hall–Kier alpha value is -3.05. The van der Waals surface area contributed by atoms with Crippen molar-refractivity contribution >= 4 is 11.6 Å². The van der Waals surface area contributed by atoms with Crippen molar-refractivity contribution in [3.63, 3.8) is 0 Å². The van der Waals surface area contributed by atoms with Crippen LogP contribution in [0.4, 0.5) is 14.5 Å². The summed E-state index contributed by atoms with van der Waals surface area (Å²) >= 11 is 0. The Morgan fingerprint density at radius 2 is 1.97 bits per heavy atom. The van der Waals surface area contributed by atoms with Gasteiger partial charge in [-0.05, 0) is 43.9 Å². The molecule has 8 heteroatoms. The third kappa shape index (κ3) is 4.37. The maximum absolute atomic E-state index is 14.1. The number of aromatic nitrogens is 1. The average molecular weight is 425 g/mol. The molecule has 4 rings (SSSR count). The Labute approximate surface area is 180 Å². The summed E-state index contributed by atoms with van der Waals surface area (Å²) in [6, 6.07) is 5.18. The van der Waals surface area contributed by atoms with E-state index in [1.807, 2.05) is 17.9 Å². The summed E-state index contributed by atoms with van der Waals surface area (Å²) in [5.74, 6) is -1.84. The first kappa shape index (κ1) is 21.2. The Kier molecular flexibility index (Phi) is 5.63. The minimum Gasteiger partial charge on any atom is -0.368 e. The molecule has 1 saturated carbocycles. The number of nitriles is 1. The van der Waals surface area contributed by atoms with E-state index in [0.29, 0.717) is 25.2 Å². The van der Waals surface area contributed by atoms with Gasteiger partial charge in [0.05, 0.1) is 11.3 Å². The molecule has 0 bridgehead atoms. The van der Waals surface area contributed by atoms with E-state index in [1.54, 1.807) is 0 Å². The maximum atomic E-state index is 14.1. The van der Waals surface area contributed by atoms with Crippen LogP contribution in [0.1, 0.15) is 55.1 Å². The number of rotatable bonds is 4. The molecule has 1 amide bonds. The third-order valence-corrected chi connectivity index (χ3v) is 6.06. The SMILES string of the molecule is C[C@]1(N)CCN(c2c(C(=O)NC3CCCC3)cnc(C#N)c2-c2cc(F)cc(F)c2)C1. The standard InChI is InChI=1S/C23H25F2N5O/c1-23(27)6-7-30(13-23)21-18(22(31)29-17-4-2-3-5-17)12-28-19(11-26)20(21)14-8-15(24)10-16(25)9-14/h8-10,12,17H,2-7,13,27H2,1H3,(H,29,31)/t23-/m0/s1. The number of carbonyl (C=O) groups excluding carboxylic acids is 1. The molecule has 0 radical (unpaired) electrons. The van der Waals surface area contributed by atoms with Crippen molar-refractivity contribution in [3.05, 3.63) is 47.3 Å². The normalized spacial score (nSPS) is 21.3. The fourth-order valence-electron chi connectivity index (χ4n) is 4.56. The van der Waals surface area contributed by atoms with Gasteiger partial charge in [-0.3, -0.25) is 4.79 Å². The van der Waals surface area contributed by atoms with Gasteiger partial charge in [0.15, 0.2) is 0 Å². The zero-order chi connectivity index (χ0) is 22.2. The van der Waals surface area contributed by atoms with Crippen molar-refractivity contribution in [3.8, 4) is 17.2 Å². The largest absolute Gasteiger partial charge is 0.368 e. The molecule has 1 aromatic heterocycles. The monoisotopic (exact) mass is 425 g/mol. The molecular weight excluding hydrogens is 400 g/mol. The van der Waals surface area contributed by atoms with Crippen molar-refractivity contribution in [1.29, 1.82) is 5.26 Å². The average Bonchev–Trinajstić information content (AvgIpc) is 3.35. The van der Waals surface area contributed by atoms with Gasteiger partial charge >= 0.3 is 0 Å². The second-order valence-corrected chi connectivity index (χ2v) is 8.79. The fraction of sp³-hybridized carbons (Fsp3) is 0.435. The van der Waals surface area contributed by atoms with Gasteiger partial charge in [0, 0.05) is 42.5 Å². The fourth-order valence-corrected chi connectivity index (χ4v) is 4.56. The van der Waals surface area contributed by atoms with E-state index in [1.165, 1.54) is 6.20 Å². The molecule has 0 unspecified atom stereocenters. The lowest BCUT2D eigenvalue weighted by Crippen LogP contribution is -2.40. The second-order valence-electron chi connectivity index (χ2n) is 8.79. The summed E-state index contributed by atoms with van der Waals surface area (Å²) in [7, 11) is 0. The lowest BCUT2D eigenvalue weighted by molar-refractivity contribution is 0.0938. The van der Waals surface area contributed by atoms with Crippen LogP contribution in [-0.2, 0) is 0 Å². The highest BCUT2D eigenvalue weighted by Crippen LogP contribution is 2.39. The summed E-state index contributed by atoms with van der Waals surface area (Å²) in [4.78, 5) is 19.3. The molecule has 0 spiro atoms. The summed E-state index contributed by atoms with van der Waals surface area (Å²) in [5, 5.41) is 12.8. The first-order valence-electron chi connectivity index (χ1n) is 10.5. The van der Waals surface area contributed by atoms with Crippen LogP contribution in [0.2, 0.25) is 0 Å². The minimum absolute atomic E-state index is 0.00282. The molecule has 2 aromatic rings. The molecule has 1 aliphatic carbocycles. The van der Waals surface area contributed by atoms with E-state index < -0.39 is 17.2 Å². The topological polar surface area (TPSA) is 95.0 Å². The minimum atomic E-state index is -0.768. The molecule has 31 heavy (non-hydrogen) atoms. The number of pyridine rings is 1. The molecule has 162 valence electrons. The molecule has 2 heterocycles. The predicted octanol–water partition coefficient (Wildman–Crippen LogP) is 3.50. The number of benzene rings is 1. The van der Waals surface area contributed by atoms with Crippen LogP contribution in [-0.4, -0.2) is 35.6 Å². The van der Waals surface area contributed by atoms with Crippen LogP contribution in [0, 0.1) is 23.0 Å². The maximum Gasteiger partial charge on any atom is 0.255 e. The van der Waals surface area contributed by atoms with Gasteiger partial charge in [-0.1, -0.05) is 12.8 Å². The lowest BCUT2D eigenvalue weighted by Gasteiger charge is -2.27. The van der Waals surface area contributed by atoms with E-state index in [2.05, 4.69) is 10.3 Å². The number of hydrogen-bond donors (Lipinski definition) is 2. The Balaban J connectivity index is 1.89. The van der Waals surface area contributed by atoms with Gasteiger partial charge in [0.25, 0.3) is 5.91 Å². The van der Waals surface area contributed by atoms with Gasteiger partial charge < -0.3 is 16.0 Å². The molecule has 1 aromatic carbocycles. The van der Waals surface area contributed by atoms with E-state index in [4.69, 9.17) is 5.73 Å². The summed E-state index contributed by atoms with van der Waals surface area (Å²) < 4.78 is 28.1. The number of amides is 1. The van der Waals surface area contributed by atoms with Gasteiger partial charge in [-0.15, -0.1) is 0 Å². The number of carbonyl (C=O) groups is 1. The first-order valence-corrected chi connectivity index (χ1v) is 10.5. The highest BCUT2D eigenvalue weighted by Gasteiger charge is 2.35. The first-order chi connectivity index (χ1) is 14.8. The van der Waals surface area contributed by atoms with Crippen molar-refractivity contribution in [2.24, 2.45) is 5.73 Å². The number of nitrogens with zero attached hydrogens (tertiary/aromatic N) is 3. The highest BCUT2D eigenvalue weighted by atomic mass is 19.1. The van der Waals surface area contributed by atoms with Crippen molar-refractivity contribution < 1.29 is 13.6 Å². The zero-order valence-electron chi connectivity index (χ0n) is 17.4. The van der Waals surface area contributed by atoms with E-state index in [9.17, 15) is 18.8 Å².